The van der Waals surface area contributed by atoms with E-state index in [4.69, 9.17) is 0 Å². The molecule has 0 heterocycles. The first-order valence-corrected chi connectivity index (χ1v) is 6.01. The Bertz CT molecular complexity index is 179. The summed E-state index contributed by atoms with van der Waals surface area (Å²) in [5.74, 6) is 0.865. The van der Waals surface area contributed by atoms with E-state index in [-0.39, 0.29) is 5.91 Å². The fourth-order valence-corrected chi connectivity index (χ4v) is 2.55. The predicted octanol–water partition coefficient (Wildman–Crippen LogP) is 2.87. The largest absolute Gasteiger partial charge is 0.353 e. The van der Waals surface area contributed by atoms with Crippen molar-refractivity contribution in [3.8, 4) is 0 Å². The van der Waals surface area contributed by atoms with Gasteiger partial charge in [-0.15, -0.1) is 0 Å². The van der Waals surface area contributed by atoms with E-state index in [0.717, 1.165) is 5.92 Å². The van der Waals surface area contributed by atoms with Crippen LogP contribution in [0.15, 0.2) is 0 Å². The highest BCUT2D eigenvalue weighted by Gasteiger charge is 2.23. The molecule has 2 nitrogen and oxygen atoms in total. The number of carbonyl (C=O) groups excluding carboxylic acids is 1. The molecular formula is C12H23NO. The van der Waals surface area contributed by atoms with Crippen LogP contribution < -0.4 is 5.32 Å². The highest BCUT2D eigenvalue weighted by atomic mass is 16.1. The van der Waals surface area contributed by atoms with Crippen molar-refractivity contribution in [2.45, 2.75) is 64.8 Å². The summed E-state index contributed by atoms with van der Waals surface area (Å²) >= 11 is 0. The third kappa shape index (κ3) is 3.69. The van der Waals surface area contributed by atoms with Crippen LogP contribution in [0.3, 0.4) is 0 Å². The Morgan fingerprint density at radius 1 is 1.29 bits per heavy atom. The van der Waals surface area contributed by atoms with Crippen LogP contribution in [0.4, 0.5) is 0 Å². The highest BCUT2D eigenvalue weighted by Crippen LogP contribution is 2.26. The van der Waals surface area contributed by atoms with Gasteiger partial charge >= 0.3 is 0 Å². The Balaban J connectivity index is 2.49. The van der Waals surface area contributed by atoms with Crippen molar-refractivity contribution in [1.29, 1.82) is 0 Å². The maximum absolute atomic E-state index is 11.1. The zero-order valence-electron chi connectivity index (χ0n) is 9.51. The van der Waals surface area contributed by atoms with Gasteiger partial charge in [-0.2, -0.15) is 0 Å². The summed E-state index contributed by atoms with van der Waals surface area (Å²) < 4.78 is 0. The van der Waals surface area contributed by atoms with Crippen LogP contribution in [-0.4, -0.2) is 11.9 Å². The van der Waals surface area contributed by atoms with Crippen molar-refractivity contribution in [2.24, 2.45) is 5.92 Å². The molecule has 0 aromatic carbocycles. The molecule has 82 valence electrons. The maximum atomic E-state index is 11.1. The molecule has 0 aliphatic heterocycles. The Morgan fingerprint density at radius 3 is 2.64 bits per heavy atom. The molecule has 0 radical (unpaired) electrons. The second-order valence-corrected chi connectivity index (χ2v) is 4.49. The molecule has 1 aliphatic carbocycles. The van der Waals surface area contributed by atoms with Crippen molar-refractivity contribution in [1.82, 2.24) is 5.32 Å². The average Bonchev–Trinajstić information content (AvgIpc) is 2.32. The van der Waals surface area contributed by atoms with E-state index in [9.17, 15) is 4.79 Å². The predicted molar refractivity (Wildman–Crippen MR) is 59.1 cm³/mol. The molecule has 0 saturated heterocycles. The lowest BCUT2D eigenvalue weighted by Crippen LogP contribution is -2.38. The van der Waals surface area contributed by atoms with E-state index in [0.29, 0.717) is 6.04 Å². The summed E-state index contributed by atoms with van der Waals surface area (Å²) in [6.45, 7) is 3.86. The lowest BCUT2D eigenvalue weighted by atomic mass is 9.90. The maximum Gasteiger partial charge on any atom is 0.217 e. The molecule has 2 atom stereocenters. The van der Waals surface area contributed by atoms with Gasteiger partial charge in [-0.05, 0) is 25.2 Å². The molecule has 1 saturated carbocycles. The van der Waals surface area contributed by atoms with Gasteiger partial charge < -0.3 is 5.32 Å². The molecule has 0 bridgehead atoms. The van der Waals surface area contributed by atoms with Crippen molar-refractivity contribution in [3.05, 3.63) is 0 Å². The second-order valence-electron chi connectivity index (χ2n) is 4.49. The molecule has 0 aromatic heterocycles. The van der Waals surface area contributed by atoms with E-state index in [1.54, 1.807) is 6.92 Å². The first-order chi connectivity index (χ1) is 6.74. The minimum absolute atomic E-state index is 0.137. The molecule has 14 heavy (non-hydrogen) atoms. The van der Waals surface area contributed by atoms with Crippen molar-refractivity contribution in [2.75, 3.05) is 0 Å². The molecule has 0 unspecified atom stereocenters. The summed E-state index contributed by atoms with van der Waals surface area (Å²) in [5.41, 5.74) is 0. The lowest BCUT2D eigenvalue weighted by molar-refractivity contribution is -0.120. The molecule has 1 amide bonds. The van der Waals surface area contributed by atoms with E-state index >= 15 is 0 Å². The van der Waals surface area contributed by atoms with Crippen LogP contribution in [0.5, 0.6) is 0 Å². The van der Waals surface area contributed by atoms with Crippen LogP contribution in [0.25, 0.3) is 0 Å². The van der Waals surface area contributed by atoms with Gasteiger partial charge in [0.05, 0.1) is 0 Å². The van der Waals surface area contributed by atoms with E-state index in [1.165, 1.54) is 44.9 Å². The SMILES string of the molecule is CCC[C@@H]1CCCCC[C@@H]1NC(C)=O. The van der Waals surface area contributed by atoms with Crippen molar-refractivity contribution < 1.29 is 4.79 Å². The van der Waals surface area contributed by atoms with Crippen LogP contribution in [0.1, 0.15) is 58.8 Å². The molecule has 1 fully saturated rings. The van der Waals surface area contributed by atoms with Crippen LogP contribution in [0.2, 0.25) is 0 Å². The molecule has 2 heteroatoms. The smallest absolute Gasteiger partial charge is 0.217 e. The van der Waals surface area contributed by atoms with Gasteiger partial charge in [-0.1, -0.05) is 32.6 Å². The zero-order chi connectivity index (χ0) is 10.4. The fraction of sp³-hybridized carbons (Fsp3) is 0.917. The monoisotopic (exact) mass is 197 g/mol. The van der Waals surface area contributed by atoms with Gasteiger partial charge in [0.15, 0.2) is 0 Å². The normalized spacial score (nSPS) is 28.1. The fourth-order valence-electron chi connectivity index (χ4n) is 2.55. The van der Waals surface area contributed by atoms with Gasteiger partial charge in [0.2, 0.25) is 5.91 Å². The zero-order valence-corrected chi connectivity index (χ0v) is 9.51. The summed E-state index contributed by atoms with van der Waals surface area (Å²) in [7, 11) is 0. The summed E-state index contributed by atoms with van der Waals surface area (Å²) in [6.07, 6.45) is 8.97. The van der Waals surface area contributed by atoms with Crippen LogP contribution >= 0.6 is 0 Å². The van der Waals surface area contributed by atoms with Gasteiger partial charge in [0.1, 0.15) is 0 Å². The molecular weight excluding hydrogens is 174 g/mol. The minimum Gasteiger partial charge on any atom is -0.353 e. The van der Waals surface area contributed by atoms with E-state index < -0.39 is 0 Å². The highest BCUT2D eigenvalue weighted by molar-refractivity contribution is 5.73. The van der Waals surface area contributed by atoms with E-state index in [1.807, 2.05) is 0 Å². The number of rotatable bonds is 3. The Kier molecular flexibility index (Phi) is 4.99. The quantitative estimate of drug-likeness (QED) is 0.692. The van der Waals surface area contributed by atoms with Gasteiger partial charge in [-0.25, -0.2) is 0 Å². The van der Waals surface area contributed by atoms with Gasteiger partial charge in [0, 0.05) is 13.0 Å². The topological polar surface area (TPSA) is 29.1 Å². The first kappa shape index (κ1) is 11.5. The molecule has 1 aliphatic rings. The van der Waals surface area contributed by atoms with Crippen molar-refractivity contribution >= 4 is 5.91 Å². The van der Waals surface area contributed by atoms with Crippen LogP contribution in [0, 0.1) is 5.92 Å². The van der Waals surface area contributed by atoms with Gasteiger partial charge in [-0.3, -0.25) is 4.79 Å². The summed E-state index contributed by atoms with van der Waals surface area (Å²) in [4.78, 5) is 11.1. The Labute approximate surface area is 87.5 Å². The number of carbonyl (C=O) groups is 1. The lowest BCUT2D eigenvalue weighted by Gasteiger charge is -2.25. The number of hydrogen-bond donors (Lipinski definition) is 1. The molecule has 1 rings (SSSR count). The first-order valence-electron chi connectivity index (χ1n) is 6.01. The summed E-state index contributed by atoms with van der Waals surface area (Å²) in [5, 5.41) is 3.12. The third-order valence-corrected chi connectivity index (χ3v) is 3.21. The third-order valence-electron chi connectivity index (χ3n) is 3.21. The number of hydrogen-bond acceptors (Lipinski definition) is 1. The molecule has 0 spiro atoms. The second kappa shape index (κ2) is 6.05. The molecule has 1 N–H and O–H groups in total. The Hall–Kier alpha value is -0.530. The summed E-state index contributed by atoms with van der Waals surface area (Å²) in [6, 6.07) is 0.454. The van der Waals surface area contributed by atoms with E-state index in [2.05, 4.69) is 12.2 Å². The number of amides is 1. The van der Waals surface area contributed by atoms with Gasteiger partial charge in [0.25, 0.3) is 0 Å². The number of nitrogens with one attached hydrogen (secondary N) is 1. The average molecular weight is 197 g/mol. The standard InChI is InChI=1S/C12H23NO/c1-3-7-11-8-5-4-6-9-12(11)13-10(2)14/h11-12H,3-9H2,1-2H3,(H,13,14)/t11-,12+/m1/s1. The minimum atomic E-state index is 0.137. The molecule has 0 aromatic rings. The van der Waals surface area contributed by atoms with Crippen LogP contribution in [-0.2, 0) is 4.79 Å². The Morgan fingerprint density at radius 2 is 2.00 bits per heavy atom. The van der Waals surface area contributed by atoms with Crippen molar-refractivity contribution in [3.63, 3.8) is 0 Å².